The SMILES string of the molecule is C[C@H]1CN(c2ccncc2F)C[C@]1(O)C1CC1. The Hall–Kier alpha value is -1.16. The number of anilines is 1. The zero-order valence-electron chi connectivity index (χ0n) is 9.93. The highest BCUT2D eigenvalue weighted by Crippen LogP contribution is 2.47. The highest BCUT2D eigenvalue weighted by molar-refractivity contribution is 5.48. The molecule has 92 valence electrons. The van der Waals surface area contributed by atoms with Crippen LogP contribution < -0.4 is 4.90 Å². The zero-order chi connectivity index (χ0) is 12.0. The third-order valence-corrected chi connectivity index (χ3v) is 4.17. The van der Waals surface area contributed by atoms with Gasteiger partial charge in [0, 0.05) is 25.2 Å². The monoisotopic (exact) mass is 236 g/mol. The first-order valence-electron chi connectivity index (χ1n) is 6.18. The molecule has 0 unspecified atom stereocenters. The molecule has 1 aromatic rings. The molecular formula is C13H17FN2O. The molecule has 2 aliphatic rings. The number of rotatable bonds is 2. The number of aliphatic hydroxyl groups is 1. The Morgan fingerprint density at radius 1 is 1.53 bits per heavy atom. The lowest BCUT2D eigenvalue weighted by molar-refractivity contribution is 0.00282. The Bertz CT molecular complexity index is 435. The molecule has 2 atom stereocenters. The van der Waals surface area contributed by atoms with Crippen molar-refractivity contribution in [1.29, 1.82) is 0 Å². The van der Waals surface area contributed by atoms with Crippen LogP contribution in [0.15, 0.2) is 18.5 Å². The van der Waals surface area contributed by atoms with E-state index in [0.29, 0.717) is 24.7 Å². The lowest BCUT2D eigenvalue weighted by atomic mass is 9.88. The van der Waals surface area contributed by atoms with Gasteiger partial charge in [0.05, 0.1) is 17.5 Å². The van der Waals surface area contributed by atoms with E-state index in [9.17, 15) is 9.50 Å². The topological polar surface area (TPSA) is 36.4 Å². The third kappa shape index (κ3) is 1.71. The van der Waals surface area contributed by atoms with Crippen molar-refractivity contribution in [3.8, 4) is 0 Å². The van der Waals surface area contributed by atoms with Gasteiger partial charge < -0.3 is 10.0 Å². The van der Waals surface area contributed by atoms with E-state index < -0.39 is 5.60 Å². The second-order valence-corrected chi connectivity index (χ2v) is 5.37. The van der Waals surface area contributed by atoms with Crippen molar-refractivity contribution in [2.45, 2.75) is 25.4 Å². The normalized spacial score (nSPS) is 33.1. The van der Waals surface area contributed by atoms with E-state index in [1.54, 1.807) is 12.3 Å². The number of hydrogen-bond acceptors (Lipinski definition) is 3. The van der Waals surface area contributed by atoms with Crippen molar-refractivity contribution in [3.05, 3.63) is 24.3 Å². The smallest absolute Gasteiger partial charge is 0.164 e. The van der Waals surface area contributed by atoms with Crippen LogP contribution in [0.2, 0.25) is 0 Å². The van der Waals surface area contributed by atoms with Gasteiger partial charge in [-0.05, 0) is 24.8 Å². The van der Waals surface area contributed by atoms with Crippen molar-refractivity contribution in [3.63, 3.8) is 0 Å². The Kier molecular flexibility index (Phi) is 2.36. The van der Waals surface area contributed by atoms with Crippen molar-refractivity contribution in [1.82, 2.24) is 4.98 Å². The van der Waals surface area contributed by atoms with E-state index in [4.69, 9.17) is 0 Å². The van der Waals surface area contributed by atoms with Crippen LogP contribution in [0.4, 0.5) is 10.1 Å². The van der Waals surface area contributed by atoms with Gasteiger partial charge in [-0.3, -0.25) is 4.98 Å². The Morgan fingerprint density at radius 3 is 2.94 bits per heavy atom. The summed E-state index contributed by atoms with van der Waals surface area (Å²) in [5.41, 5.74) is -0.0705. The van der Waals surface area contributed by atoms with E-state index in [0.717, 1.165) is 12.8 Å². The van der Waals surface area contributed by atoms with Gasteiger partial charge in [-0.2, -0.15) is 0 Å². The van der Waals surface area contributed by atoms with Crippen molar-refractivity contribution >= 4 is 5.69 Å². The lowest BCUT2D eigenvalue weighted by Gasteiger charge is -2.26. The van der Waals surface area contributed by atoms with Crippen LogP contribution >= 0.6 is 0 Å². The molecule has 1 aliphatic heterocycles. The Morgan fingerprint density at radius 2 is 2.29 bits per heavy atom. The van der Waals surface area contributed by atoms with E-state index in [2.05, 4.69) is 11.9 Å². The molecule has 17 heavy (non-hydrogen) atoms. The predicted octanol–water partition coefficient (Wildman–Crippen LogP) is 1.82. The molecule has 2 heterocycles. The molecule has 0 spiro atoms. The van der Waals surface area contributed by atoms with Crippen LogP contribution in [0.3, 0.4) is 0 Å². The summed E-state index contributed by atoms with van der Waals surface area (Å²) < 4.78 is 13.7. The van der Waals surface area contributed by atoms with E-state index in [1.165, 1.54) is 6.20 Å². The first-order valence-corrected chi connectivity index (χ1v) is 6.18. The average Bonchev–Trinajstić information content (AvgIpc) is 3.09. The first kappa shape index (κ1) is 11.0. The average molecular weight is 236 g/mol. The molecule has 3 rings (SSSR count). The highest BCUT2D eigenvalue weighted by Gasteiger charge is 2.52. The lowest BCUT2D eigenvalue weighted by Crippen LogP contribution is -2.39. The van der Waals surface area contributed by atoms with Crippen LogP contribution in [0.1, 0.15) is 19.8 Å². The summed E-state index contributed by atoms with van der Waals surface area (Å²) in [5, 5.41) is 10.6. The molecule has 1 saturated carbocycles. The summed E-state index contributed by atoms with van der Waals surface area (Å²) in [4.78, 5) is 5.70. The molecule has 1 aromatic heterocycles. The van der Waals surface area contributed by atoms with Crippen LogP contribution in [0.25, 0.3) is 0 Å². The van der Waals surface area contributed by atoms with Crippen LogP contribution in [-0.4, -0.2) is 28.8 Å². The van der Waals surface area contributed by atoms with Gasteiger partial charge in [0.15, 0.2) is 5.82 Å². The largest absolute Gasteiger partial charge is 0.387 e. The zero-order valence-corrected chi connectivity index (χ0v) is 9.93. The fourth-order valence-corrected chi connectivity index (χ4v) is 2.94. The van der Waals surface area contributed by atoms with Crippen molar-refractivity contribution in [2.24, 2.45) is 11.8 Å². The molecule has 1 N–H and O–H groups in total. The molecule has 4 heteroatoms. The molecule has 0 amide bonds. The molecule has 3 nitrogen and oxygen atoms in total. The number of hydrogen-bond donors (Lipinski definition) is 1. The summed E-state index contributed by atoms with van der Waals surface area (Å²) >= 11 is 0. The number of pyridine rings is 1. The Labute approximate surface area is 100 Å². The van der Waals surface area contributed by atoms with Crippen molar-refractivity contribution in [2.75, 3.05) is 18.0 Å². The Balaban J connectivity index is 1.86. The van der Waals surface area contributed by atoms with Crippen LogP contribution in [0, 0.1) is 17.7 Å². The van der Waals surface area contributed by atoms with E-state index in [1.807, 2.05) is 4.90 Å². The number of halogens is 1. The predicted molar refractivity (Wildman–Crippen MR) is 63.2 cm³/mol. The maximum Gasteiger partial charge on any atom is 0.164 e. The molecule has 0 radical (unpaired) electrons. The fourth-order valence-electron chi connectivity index (χ4n) is 2.94. The van der Waals surface area contributed by atoms with Gasteiger partial charge in [-0.15, -0.1) is 0 Å². The van der Waals surface area contributed by atoms with Crippen LogP contribution in [-0.2, 0) is 0 Å². The quantitative estimate of drug-likeness (QED) is 0.851. The molecule has 1 saturated heterocycles. The summed E-state index contributed by atoms with van der Waals surface area (Å²) in [6.45, 7) is 3.31. The van der Waals surface area contributed by atoms with Crippen LogP contribution in [0.5, 0.6) is 0 Å². The molecular weight excluding hydrogens is 219 g/mol. The van der Waals surface area contributed by atoms with Gasteiger partial charge in [-0.25, -0.2) is 4.39 Å². The highest BCUT2D eigenvalue weighted by atomic mass is 19.1. The third-order valence-electron chi connectivity index (χ3n) is 4.17. The van der Waals surface area contributed by atoms with E-state index >= 15 is 0 Å². The second-order valence-electron chi connectivity index (χ2n) is 5.37. The minimum Gasteiger partial charge on any atom is -0.387 e. The van der Waals surface area contributed by atoms with Gasteiger partial charge in [-0.1, -0.05) is 6.92 Å². The minimum atomic E-state index is -0.629. The fraction of sp³-hybridized carbons (Fsp3) is 0.615. The standard InChI is InChI=1S/C13H17FN2O/c1-9-7-16(8-13(9,17)10-2-3-10)12-4-5-15-6-11(12)14/h4-6,9-10,17H,2-3,7-8H2,1H3/t9-,13+/m0/s1. The first-order chi connectivity index (χ1) is 8.11. The maximum atomic E-state index is 13.7. The van der Waals surface area contributed by atoms with Crippen molar-refractivity contribution < 1.29 is 9.50 Å². The molecule has 1 aliphatic carbocycles. The molecule has 0 aromatic carbocycles. The van der Waals surface area contributed by atoms with Gasteiger partial charge >= 0.3 is 0 Å². The minimum absolute atomic E-state index is 0.197. The summed E-state index contributed by atoms with van der Waals surface area (Å²) in [6.07, 6.45) is 5.03. The van der Waals surface area contributed by atoms with E-state index in [-0.39, 0.29) is 11.7 Å². The molecule has 2 fully saturated rings. The maximum absolute atomic E-state index is 13.7. The summed E-state index contributed by atoms with van der Waals surface area (Å²) in [7, 11) is 0. The number of aromatic nitrogens is 1. The number of nitrogens with zero attached hydrogens (tertiary/aromatic N) is 2. The molecule has 0 bridgehead atoms. The summed E-state index contributed by atoms with van der Waals surface area (Å²) in [6, 6.07) is 1.68. The number of β-amino-alcohol motifs (C(OH)–C–C–N with tert-alkyl or cyclic N) is 1. The van der Waals surface area contributed by atoms with Gasteiger partial charge in [0.25, 0.3) is 0 Å². The second kappa shape index (κ2) is 3.67. The van der Waals surface area contributed by atoms with Gasteiger partial charge in [0.1, 0.15) is 0 Å². The van der Waals surface area contributed by atoms with Gasteiger partial charge in [0.2, 0.25) is 0 Å². The summed E-state index contributed by atoms with van der Waals surface area (Å²) in [5.74, 6) is 0.301.